The fourth-order valence-electron chi connectivity index (χ4n) is 2.34. The predicted octanol–water partition coefficient (Wildman–Crippen LogP) is 2.98. The van der Waals surface area contributed by atoms with Crippen LogP contribution >= 0.6 is 11.3 Å². The van der Waals surface area contributed by atoms with Crippen LogP contribution in [0.2, 0.25) is 0 Å². The normalized spacial score (nSPS) is 12.4. The van der Waals surface area contributed by atoms with Crippen LogP contribution in [0.1, 0.15) is 41.3 Å². The topological polar surface area (TPSA) is 68.0 Å². The Morgan fingerprint density at radius 3 is 2.78 bits per heavy atom. The Balaban J connectivity index is 2.01. The van der Waals surface area contributed by atoms with E-state index >= 15 is 0 Å². The van der Waals surface area contributed by atoms with Gasteiger partial charge in [-0.25, -0.2) is 9.37 Å². The van der Waals surface area contributed by atoms with E-state index < -0.39 is 0 Å². The number of carbonyl (C=O) groups is 1. The number of amides is 1. The Bertz CT molecular complexity index is 657. The standard InChI is InChI=1S/C17H22FN3OS/c1-11(2)7-13(9-19)20-17(22)15-10-23-16(21-15)8-12-5-3-4-6-14(12)18/h3-6,10-11,13H,7-9,19H2,1-2H3,(H,20,22). The first-order valence-electron chi connectivity index (χ1n) is 7.68. The second-order valence-electron chi connectivity index (χ2n) is 5.93. The Kier molecular flexibility index (Phi) is 6.24. The molecule has 4 nitrogen and oxygen atoms in total. The number of aromatic nitrogens is 1. The van der Waals surface area contributed by atoms with Crippen LogP contribution in [-0.4, -0.2) is 23.5 Å². The van der Waals surface area contributed by atoms with E-state index in [4.69, 9.17) is 5.73 Å². The quantitative estimate of drug-likeness (QED) is 0.817. The average Bonchev–Trinajstić information content (AvgIpc) is 2.97. The van der Waals surface area contributed by atoms with Crippen molar-refractivity contribution in [1.29, 1.82) is 0 Å². The molecule has 2 rings (SSSR count). The van der Waals surface area contributed by atoms with Gasteiger partial charge in [0, 0.05) is 24.4 Å². The highest BCUT2D eigenvalue weighted by Crippen LogP contribution is 2.17. The Labute approximate surface area is 139 Å². The highest BCUT2D eigenvalue weighted by molar-refractivity contribution is 7.09. The molecule has 0 saturated carbocycles. The molecule has 0 saturated heterocycles. The molecule has 0 bridgehead atoms. The molecule has 0 aliphatic heterocycles. The van der Waals surface area contributed by atoms with Gasteiger partial charge in [-0.3, -0.25) is 4.79 Å². The van der Waals surface area contributed by atoms with Gasteiger partial charge in [0.2, 0.25) is 0 Å². The lowest BCUT2D eigenvalue weighted by molar-refractivity contribution is 0.0929. The van der Waals surface area contributed by atoms with Gasteiger partial charge in [-0.05, 0) is 24.0 Å². The number of hydrogen-bond donors (Lipinski definition) is 2. The van der Waals surface area contributed by atoms with Crippen molar-refractivity contribution in [2.45, 2.75) is 32.7 Å². The lowest BCUT2D eigenvalue weighted by Crippen LogP contribution is -2.41. The zero-order valence-electron chi connectivity index (χ0n) is 13.4. The molecule has 1 aromatic carbocycles. The smallest absolute Gasteiger partial charge is 0.271 e. The maximum atomic E-state index is 13.7. The van der Waals surface area contributed by atoms with Gasteiger partial charge < -0.3 is 11.1 Å². The number of thiazole rings is 1. The van der Waals surface area contributed by atoms with Crippen LogP contribution in [0.4, 0.5) is 4.39 Å². The lowest BCUT2D eigenvalue weighted by atomic mass is 10.0. The summed E-state index contributed by atoms with van der Waals surface area (Å²) in [4.78, 5) is 16.5. The summed E-state index contributed by atoms with van der Waals surface area (Å²) in [5.41, 5.74) is 6.64. The zero-order chi connectivity index (χ0) is 16.8. The number of halogens is 1. The number of benzene rings is 1. The molecule has 1 heterocycles. The highest BCUT2D eigenvalue weighted by Gasteiger charge is 2.16. The van der Waals surface area contributed by atoms with Gasteiger partial charge in [-0.15, -0.1) is 11.3 Å². The Hall–Kier alpha value is -1.79. The van der Waals surface area contributed by atoms with E-state index in [1.165, 1.54) is 17.4 Å². The molecule has 6 heteroatoms. The van der Waals surface area contributed by atoms with E-state index in [2.05, 4.69) is 24.1 Å². The van der Waals surface area contributed by atoms with Crippen LogP contribution in [0, 0.1) is 11.7 Å². The Morgan fingerprint density at radius 2 is 2.13 bits per heavy atom. The molecule has 1 atom stereocenters. The van der Waals surface area contributed by atoms with E-state index in [0.29, 0.717) is 35.1 Å². The van der Waals surface area contributed by atoms with Gasteiger partial charge in [-0.2, -0.15) is 0 Å². The van der Waals surface area contributed by atoms with E-state index in [1.807, 2.05) is 0 Å². The van der Waals surface area contributed by atoms with Crippen molar-refractivity contribution in [2.75, 3.05) is 6.54 Å². The minimum absolute atomic E-state index is 0.0563. The summed E-state index contributed by atoms with van der Waals surface area (Å²) < 4.78 is 13.7. The summed E-state index contributed by atoms with van der Waals surface area (Å²) in [7, 11) is 0. The summed E-state index contributed by atoms with van der Waals surface area (Å²) in [6.45, 7) is 4.57. The average molecular weight is 335 g/mol. The second-order valence-corrected chi connectivity index (χ2v) is 6.87. The number of rotatable bonds is 7. The zero-order valence-corrected chi connectivity index (χ0v) is 14.2. The van der Waals surface area contributed by atoms with Gasteiger partial charge in [0.15, 0.2) is 0 Å². The molecular weight excluding hydrogens is 313 g/mol. The first-order valence-corrected chi connectivity index (χ1v) is 8.56. The van der Waals surface area contributed by atoms with Gasteiger partial charge >= 0.3 is 0 Å². The van der Waals surface area contributed by atoms with Crippen molar-refractivity contribution in [3.63, 3.8) is 0 Å². The number of carbonyl (C=O) groups excluding carboxylic acids is 1. The molecule has 0 spiro atoms. The summed E-state index contributed by atoms with van der Waals surface area (Å²) in [5, 5.41) is 5.33. The van der Waals surface area contributed by atoms with Crippen molar-refractivity contribution >= 4 is 17.2 Å². The van der Waals surface area contributed by atoms with Crippen LogP contribution < -0.4 is 11.1 Å². The van der Waals surface area contributed by atoms with Gasteiger partial charge in [0.25, 0.3) is 5.91 Å². The van der Waals surface area contributed by atoms with Gasteiger partial charge in [0.1, 0.15) is 11.5 Å². The van der Waals surface area contributed by atoms with Crippen molar-refractivity contribution in [3.05, 3.63) is 51.7 Å². The largest absolute Gasteiger partial charge is 0.347 e. The monoisotopic (exact) mass is 335 g/mol. The number of hydrogen-bond acceptors (Lipinski definition) is 4. The fraction of sp³-hybridized carbons (Fsp3) is 0.412. The van der Waals surface area contributed by atoms with Crippen LogP contribution in [0.5, 0.6) is 0 Å². The molecule has 3 N–H and O–H groups in total. The maximum absolute atomic E-state index is 13.7. The van der Waals surface area contributed by atoms with E-state index in [-0.39, 0.29) is 17.8 Å². The lowest BCUT2D eigenvalue weighted by Gasteiger charge is -2.18. The van der Waals surface area contributed by atoms with Crippen LogP contribution in [0.15, 0.2) is 29.6 Å². The van der Waals surface area contributed by atoms with E-state index in [1.54, 1.807) is 23.6 Å². The number of nitrogens with one attached hydrogen (secondary N) is 1. The fourth-order valence-corrected chi connectivity index (χ4v) is 3.14. The minimum Gasteiger partial charge on any atom is -0.347 e. The molecular formula is C17H22FN3OS. The number of nitrogens with two attached hydrogens (primary N) is 1. The third-order valence-corrected chi connectivity index (χ3v) is 4.31. The predicted molar refractivity (Wildman–Crippen MR) is 91.1 cm³/mol. The van der Waals surface area contributed by atoms with E-state index in [0.717, 1.165) is 6.42 Å². The van der Waals surface area contributed by atoms with Crippen molar-refractivity contribution in [1.82, 2.24) is 10.3 Å². The van der Waals surface area contributed by atoms with Crippen molar-refractivity contribution < 1.29 is 9.18 Å². The van der Waals surface area contributed by atoms with Crippen molar-refractivity contribution in [2.24, 2.45) is 11.7 Å². The first kappa shape index (κ1) is 17.6. The highest BCUT2D eigenvalue weighted by atomic mass is 32.1. The molecule has 1 aromatic heterocycles. The third kappa shape index (κ3) is 5.11. The van der Waals surface area contributed by atoms with Crippen molar-refractivity contribution in [3.8, 4) is 0 Å². The van der Waals surface area contributed by atoms with Crippen LogP contribution in [0.25, 0.3) is 0 Å². The number of nitrogens with zero attached hydrogens (tertiary/aromatic N) is 1. The molecule has 23 heavy (non-hydrogen) atoms. The molecule has 0 radical (unpaired) electrons. The summed E-state index contributed by atoms with van der Waals surface area (Å²) >= 11 is 1.36. The molecule has 1 unspecified atom stereocenters. The molecule has 0 aliphatic rings. The van der Waals surface area contributed by atoms with E-state index in [9.17, 15) is 9.18 Å². The SMILES string of the molecule is CC(C)CC(CN)NC(=O)c1csc(Cc2ccccc2F)n1. The molecule has 1 amide bonds. The third-order valence-electron chi connectivity index (χ3n) is 3.46. The van der Waals surface area contributed by atoms with Crippen LogP contribution in [0.3, 0.4) is 0 Å². The van der Waals surface area contributed by atoms with Gasteiger partial charge in [-0.1, -0.05) is 32.0 Å². The summed E-state index contributed by atoms with van der Waals surface area (Å²) in [6.07, 6.45) is 1.21. The molecule has 0 aliphatic carbocycles. The van der Waals surface area contributed by atoms with Crippen LogP contribution in [-0.2, 0) is 6.42 Å². The first-order chi connectivity index (χ1) is 11.0. The second kappa shape index (κ2) is 8.17. The molecule has 2 aromatic rings. The Morgan fingerprint density at radius 1 is 1.39 bits per heavy atom. The van der Waals surface area contributed by atoms with Gasteiger partial charge in [0.05, 0.1) is 5.01 Å². The summed E-state index contributed by atoms with van der Waals surface area (Å²) in [5.74, 6) is -0.0261. The minimum atomic E-state index is -0.256. The molecule has 124 valence electrons. The molecule has 0 fully saturated rings. The maximum Gasteiger partial charge on any atom is 0.271 e. The summed E-state index contributed by atoms with van der Waals surface area (Å²) in [6, 6.07) is 6.54.